The van der Waals surface area contributed by atoms with Gasteiger partial charge in [-0.1, -0.05) is 28.1 Å². The van der Waals surface area contributed by atoms with Crippen LogP contribution < -0.4 is 5.32 Å². The number of fused-ring (bicyclic) bond motifs is 1. The fraction of sp³-hybridized carbons (Fsp3) is 0.389. The smallest absolute Gasteiger partial charge is 0.253 e. The number of rotatable bonds is 3. The number of piperidine rings is 1. The summed E-state index contributed by atoms with van der Waals surface area (Å²) in [6.45, 7) is 2.78. The second-order valence-electron chi connectivity index (χ2n) is 6.00. The van der Waals surface area contributed by atoms with E-state index in [0.717, 1.165) is 53.3 Å². The highest BCUT2D eigenvalue weighted by Gasteiger charge is 2.23. The van der Waals surface area contributed by atoms with E-state index in [4.69, 9.17) is 0 Å². The average Bonchev–Trinajstić information content (AvgIpc) is 2.55. The summed E-state index contributed by atoms with van der Waals surface area (Å²) in [7, 11) is 1.99. The highest BCUT2D eigenvalue weighted by molar-refractivity contribution is 9.10. The first-order valence-electron chi connectivity index (χ1n) is 7.80. The summed E-state index contributed by atoms with van der Waals surface area (Å²) in [6, 6.07) is 12.1. The SMILES string of the molecule is CNCC1CCN(C(=O)c2ccc3cc(Br)ccc3c2)CC1. The van der Waals surface area contributed by atoms with Crippen molar-refractivity contribution < 1.29 is 4.79 Å². The van der Waals surface area contributed by atoms with Crippen LogP contribution in [0.4, 0.5) is 0 Å². The third-order valence-electron chi connectivity index (χ3n) is 4.44. The van der Waals surface area contributed by atoms with E-state index in [0.29, 0.717) is 5.92 Å². The molecule has 22 heavy (non-hydrogen) atoms. The Morgan fingerprint density at radius 2 is 1.86 bits per heavy atom. The normalized spacial score (nSPS) is 16.2. The molecule has 1 N–H and O–H groups in total. The maximum absolute atomic E-state index is 12.7. The molecule has 1 saturated heterocycles. The zero-order valence-electron chi connectivity index (χ0n) is 12.8. The maximum Gasteiger partial charge on any atom is 0.253 e. The van der Waals surface area contributed by atoms with E-state index < -0.39 is 0 Å². The zero-order chi connectivity index (χ0) is 15.5. The van der Waals surface area contributed by atoms with Gasteiger partial charge in [0.05, 0.1) is 0 Å². The lowest BCUT2D eigenvalue weighted by molar-refractivity contribution is 0.0691. The van der Waals surface area contributed by atoms with E-state index >= 15 is 0 Å². The van der Waals surface area contributed by atoms with E-state index in [1.165, 1.54) is 0 Å². The molecule has 1 fully saturated rings. The van der Waals surface area contributed by atoms with Gasteiger partial charge < -0.3 is 10.2 Å². The lowest BCUT2D eigenvalue weighted by atomic mass is 9.96. The quantitative estimate of drug-likeness (QED) is 0.905. The van der Waals surface area contributed by atoms with Gasteiger partial charge in [-0.3, -0.25) is 4.79 Å². The summed E-state index contributed by atoms with van der Waals surface area (Å²) < 4.78 is 1.06. The van der Waals surface area contributed by atoms with Crippen molar-refractivity contribution in [2.24, 2.45) is 5.92 Å². The average molecular weight is 361 g/mol. The Labute approximate surface area is 139 Å². The molecule has 2 aromatic rings. The van der Waals surface area contributed by atoms with Crippen LogP contribution in [0.15, 0.2) is 40.9 Å². The Kier molecular flexibility index (Phi) is 4.79. The number of benzene rings is 2. The Morgan fingerprint density at radius 1 is 1.18 bits per heavy atom. The van der Waals surface area contributed by atoms with Gasteiger partial charge in [-0.25, -0.2) is 0 Å². The number of hydrogen-bond acceptors (Lipinski definition) is 2. The number of carbonyl (C=O) groups excluding carboxylic acids is 1. The van der Waals surface area contributed by atoms with Crippen molar-refractivity contribution in [1.29, 1.82) is 0 Å². The predicted octanol–water partition coefficient (Wildman–Crippen LogP) is 3.67. The van der Waals surface area contributed by atoms with Crippen molar-refractivity contribution in [3.8, 4) is 0 Å². The lowest BCUT2D eigenvalue weighted by Crippen LogP contribution is -2.40. The van der Waals surface area contributed by atoms with Gasteiger partial charge in [0, 0.05) is 23.1 Å². The van der Waals surface area contributed by atoms with Crippen molar-refractivity contribution in [1.82, 2.24) is 10.2 Å². The summed E-state index contributed by atoms with van der Waals surface area (Å²) in [5, 5.41) is 5.49. The Morgan fingerprint density at radius 3 is 2.59 bits per heavy atom. The molecule has 2 aromatic carbocycles. The Balaban J connectivity index is 1.74. The summed E-state index contributed by atoms with van der Waals surface area (Å²) in [6.07, 6.45) is 2.18. The minimum atomic E-state index is 0.160. The minimum absolute atomic E-state index is 0.160. The fourth-order valence-corrected chi connectivity index (χ4v) is 3.54. The molecular formula is C18H21BrN2O. The molecule has 3 rings (SSSR count). The van der Waals surface area contributed by atoms with Crippen LogP contribution in [0.5, 0.6) is 0 Å². The first kappa shape index (κ1) is 15.5. The standard InChI is InChI=1S/C18H21BrN2O/c1-20-12-13-6-8-21(9-7-13)18(22)16-3-2-15-11-17(19)5-4-14(15)10-16/h2-5,10-11,13,20H,6-9,12H2,1H3. The number of likely N-dealkylation sites (tertiary alicyclic amines) is 1. The van der Waals surface area contributed by atoms with Crippen molar-refractivity contribution in [3.05, 3.63) is 46.4 Å². The van der Waals surface area contributed by atoms with Gasteiger partial charge in [0.2, 0.25) is 0 Å². The molecule has 0 saturated carbocycles. The van der Waals surface area contributed by atoms with Crippen LogP contribution in [0.25, 0.3) is 10.8 Å². The number of nitrogens with one attached hydrogen (secondary N) is 1. The van der Waals surface area contributed by atoms with Gasteiger partial charge in [0.1, 0.15) is 0 Å². The number of amides is 1. The molecule has 3 nitrogen and oxygen atoms in total. The summed E-state index contributed by atoms with van der Waals surface area (Å²) in [5.41, 5.74) is 0.793. The van der Waals surface area contributed by atoms with Crippen LogP contribution in [0, 0.1) is 5.92 Å². The Hall–Kier alpha value is -1.39. The van der Waals surface area contributed by atoms with Gasteiger partial charge in [-0.2, -0.15) is 0 Å². The van der Waals surface area contributed by atoms with Crippen LogP contribution in [0.2, 0.25) is 0 Å². The van der Waals surface area contributed by atoms with Crippen LogP contribution in [-0.2, 0) is 0 Å². The van der Waals surface area contributed by atoms with E-state index in [2.05, 4.69) is 33.4 Å². The minimum Gasteiger partial charge on any atom is -0.339 e. The van der Waals surface area contributed by atoms with Gasteiger partial charge in [0.25, 0.3) is 5.91 Å². The largest absolute Gasteiger partial charge is 0.339 e. The van der Waals surface area contributed by atoms with Crippen LogP contribution in [0.3, 0.4) is 0 Å². The van der Waals surface area contributed by atoms with Gasteiger partial charge >= 0.3 is 0 Å². The molecule has 0 radical (unpaired) electrons. The molecule has 0 aromatic heterocycles. The van der Waals surface area contributed by atoms with E-state index in [1.807, 2.05) is 36.2 Å². The number of hydrogen-bond donors (Lipinski definition) is 1. The molecule has 1 aliphatic heterocycles. The lowest BCUT2D eigenvalue weighted by Gasteiger charge is -2.32. The van der Waals surface area contributed by atoms with E-state index in [1.54, 1.807) is 0 Å². The van der Waals surface area contributed by atoms with Gasteiger partial charge in [0.15, 0.2) is 0 Å². The molecule has 1 aliphatic rings. The number of nitrogens with zero attached hydrogens (tertiary/aromatic N) is 1. The second-order valence-corrected chi connectivity index (χ2v) is 6.92. The topological polar surface area (TPSA) is 32.3 Å². The van der Waals surface area contributed by atoms with Crippen molar-refractivity contribution >= 4 is 32.6 Å². The van der Waals surface area contributed by atoms with Crippen LogP contribution in [-0.4, -0.2) is 37.5 Å². The van der Waals surface area contributed by atoms with Crippen molar-refractivity contribution in [2.45, 2.75) is 12.8 Å². The van der Waals surface area contributed by atoms with Gasteiger partial charge in [-0.15, -0.1) is 0 Å². The Bertz CT molecular complexity index is 678. The predicted molar refractivity (Wildman–Crippen MR) is 94.2 cm³/mol. The molecule has 4 heteroatoms. The highest BCUT2D eigenvalue weighted by atomic mass is 79.9. The number of halogens is 1. The van der Waals surface area contributed by atoms with E-state index in [-0.39, 0.29) is 5.91 Å². The maximum atomic E-state index is 12.7. The molecular weight excluding hydrogens is 340 g/mol. The first-order valence-corrected chi connectivity index (χ1v) is 8.60. The van der Waals surface area contributed by atoms with E-state index in [9.17, 15) is 4.79 Å². The molecule has 0 atom stereocenters. The molecule has 1 amide bonds. The summed E-state index contributed by atoms with van der Waals surface area (Å²) >= 11 is 3.48. The molecule has 116 valence electrons. The summed E-state index contributed by atoms with van der Waals surface area (Å²) in [4.78, 5) is 14.7. The van der Waals surface area contributed by atoms with Crippen LogP contribution in [0.1, 0.15) is 23.2 Å². The van der Waals surface area contributed by atoms with Gasteiger partial charge in [-0.05, 0) is 67.4 Å². The van der Waals surface area contributed by atoms with Crippen molar-refractivity contribution in [2.75, 3.05) is 26.7 Å². The first-order chi connectivity index (χ1) is 10.7. The van der Waals surface area contributed by atoms with Crippen LogP contribution >= 0.6 is 15.9 Å². The summed E-state index contributed by atoms with van der Waals surface area (Å²) in [5.74, 6) is 0.857. The third-order valence-corrected chi connectivity index (χ3v) is 4.94. The molecule has 1 heterocycles. The highest BCUT2D eigenvalue weighted by Crippen LogP contribution is 2.23. The zero-order valence-corrected chi connectivity index (χ0v) is 14.4. The molecule has 0 aliphatic carbocycles. The number of carbonyl (C=O) groups is 1. The molecule has 0 unspecified atom stereocenters. The fourth-order valence-electron chi connectivity index (χ4n) is 3.16. The molecule has 0 bridgehead atoms. The molecule has 0 spiro atoms. The monoisotopic (exact) mass is 360 g/mol. The third kappa shape index (κ3) is 3.33. The van der Waals surface area contributed by atoms with Crippen molar-refractivity contribution in [3.63, 3.8) is 0 Å². The second kappa shape index (κ2) is 6.80.